The third kappa shape index (κ3) is 5.92. The minimum absolute atomic E-state index is 0.147. The molecule has 1 aliphatic rings. The van der Waals surface area contributed by atoms with E-state index in [4.69, 9.17) is 4.74 Å². The van der Waals surface area contributed by atoms with E-state index in [9.17, 15) is 13.2 Å². The molecule has 1 amide bonds. The van der Waals surface area contributed by atoms with Gasteiger partial charge in [-0.1, -0.05) is 30.2 Å². The number of rotatable bonds is 5. The predicted molar refractivity (Wildman–Crippen MR) is 130 cm³/mol. The van der Waals surface area contributed by atoms with Gasteiger partial charge in [-0.05, 0) is 78.1 Å². The molecule has 1 aromatic carbocycles. The molecule has 0 bridgehead atoms. The van der Waals surface area contributed by atoms with Crippen LogP contribution in [0, 0.1) is 6.92 Å². The van der Waals surface area contributed by atoms with Gasteiger partial charge in [-0.3, -0.25) is 4.90 Å². The lowest BCUT2D eigenvalue weighted by Crippen LogP contribution is -2.41. The summed E-state index contributed by atoms with van der Waals surface area (Å²) in [6, 6.07) is 10.2. The molecule has 180 valence electrons. The molecule has 0 aliphatic carbocycles. The van der Waals surface area contributed by atoms with Gasteiger partial charge in [-0.15, -0.1) is 0 Å². The Morgan fingerprint density at radius 1 is 1.12 bits per heavy atom. The van der Waals surface area contributed by atoms with E-state index in [0.717, 1.165) is 30.4 Å². The summed E-state index contributed by atoms with van der Waals surface area (Å²) >= 11 is 0. The number of anilines is 1. The van der Waals surface area contributed by atoms with E-state index in [1.807, 2.05) is 59.7 Å². The normalized spacial score (nSPS) is 17.7. The van der Waals surface area contributed by atoms with Crippen LogP contribution in [0.1, 0.15) is 71.0 Å². The minimum atomic E-state index is -3.63. The van der Waals surface area contributed by atoms with E-state index in [0.29, 0.717) is 17.3 Å². The van der Waals surface area contributed by atoms with Gasteiger partial charge in [0.25, 0.3) is 0 Å². The summed E-state index contributed by atoms with van der Waals surface area (Å²) in [4.78, 5) is 19.1. The van der Waals surface area contributed by atoms with Gasteiger partial charge in [-0.2, -0.15) is 4.31 Å². The van der Waals surface area contributed by atoms with Crippen LogP contribution in [-0.2, 0) is 14.8 Å². The molecular weight excluding hydrogens is 438 g/mol. The maximum Gasteiger partial charge on any atom is 0.416 e. The summed E-state index contributed by atoms with van der Waals surface area (Å²) in [6.07, 6.45) is 3.73. The van der Waals surface area contributed by atoms with E-state index in [-0.39, 0.29) is 12.1 Å². The molecule has 0 saturated carbocycles. The van der Waals surface area contributed by atoms with Crippen molar-refractivity contribution in [2.24, 2.45) is 0 Å². The summed E-state index contributed by atoms with van der Waals surface area (Å²) in [7, 11) is -3.63. The molecule has 0 radical (unpaired) electrons. The van der Waals surface area contributed by atoms with Gasteiger partial charge in [0.1, 0.15) is 11.4 Å². The average molecular weight is 474 g/mol. The highest BCUT2D eigenvalue weighted by molar-refractivity contribution is 7.89. The van der Waals surface area contributed by atoms with Crippen molar-refractivity contribution in [3.63, 3.8) is 0 Å². The monoisotopic (exact) mass is 473 g/mol. The summed E-state index contributed by atoms with van der Waals surface area (Å²) in [6.45, 7) is 11.7. The number of ether oxygens (including phenoxy) is 1. The van der Waals surface area contributed by atoms with Crippen LogP contribution in [-0.4, -0.2) is 42.0 Å². The quantitative estimate of drug-likeness (QED) is 0.576. The number of carbonyl (C=O) groups is 1. The largest absolute Gasteiger partial charge is 0.443 e. The van der Waals surface area contributed by atoms with Gasteiger partial charge in [0.05, 0.1) is 10.9 Å². The Balaban J connectivity index is 1.88. The second-order valence-corrected chi connectivity index (χ2v) is 11.7. The van der Waals surface area contributed by atoms with Crippen molar-refractivity contribution in [1.29, 1.82) is 0 Å². The van der Waals surface area contributed by atoms with Gasteiger partial charge in [-0.25, -0.2) is 18.2 Å². The third-order valence-corrected chi connectivity index (χ3v) is 7.51. The van der Waals surface area contributed by atoms with Gasteiger partial charge in [0.15, 0.2) is 0 Å². The molecule has 1 aliphatic heterocycles. The first kappa shape index (κ1) is 25.2. The van der Waals surface area contributed by atoms with Crippen molar-refractivity contribution in [3.8, 4) is 0 Å². The van der Waals surface area contributed by atoms with Crippen molar-refractivity contribution in [3.05, 3.63) is 53.7 Å². The molecule has 2 heterocycles. The van der Waals surface area contributed by atoms with Crippen molar-refractivity contribution >= 4 is 21.9 Å². The Labute approximate surface area is 197 Å². The topological polar surface area (TPSA) is 79.8 Å². The van der Waals surface area contributed by atoms with Gasteiger partial charge in [0.2, 0.25) is 10.0 Å². The SMILES string of the molecule is Cc1ccc(S(=O)(=O)N2CCCC[C@@H]2c2ccc(N(C(=O)OC(C)(C)C)C(C)C)nc2)cc1. The number of nitrogens with zero attached hydrogens (tertiary/aromatic N) is 3. The Hall–Kier alpha value is -2.45. The molecule has 33 heavy (non-hydrogen) atoms. The summed E-state index contributed by atoms with van der Waals surface area (Å²) in [5, 5.41) is 0. The van der Waals surface area contributed by atoms with Crippen molar-refractivity contribution < 1.29 is 17.9 Å². The van der Waals surface area contributed by atoms with Crippen molar-refractivity contribution in [2.45, 2.75) is 83.4 Å². The number of benzene rings is 1. The average Bonchev–Trinajstić information content (AvgIpc) is 2.73. The molecule has 1 fully saturated rings. The number of hydrogen-bond acceptors (Lipinski definition) is 5. The summed E-state index contributed by atoms with van der Waals surface area (Å²) < 4.78 is 33.9. The minimum Gasteiger partial charge on any atom is -0.443 e. The number of piperidine rings is 1. The first-order valence-electron chi connectivity index (χ1n) is 11.5. The zero-order chi connectivity index (χ0) is 24.4. The van der Waals surface area contributed by atoms with E-state index in [2.05, 4.69) is 4.98 Å². The van der Waals surface area contributed by atoms with Crippen LogP contribution >= 0.6 is 0 Å². The second-order valence-electron chi connectivity index (χ2n) is 9.83. The van der Waals surface area contributed by atoms with Crippen LogP contribution in [0.25, 0.3) is 0 Å². The van der Waals surface area contributed by atoms with Crippen LogP contribution in [0.4, 0.5) is 10.6 Å². The van der Waals surface area contributed by atoms with Crippen LogP contribution in [0.3, 0.4) is 0 Å². The molecule has 0 unspecified atom stereocenters. The van der Waals surface area contributed by atoms with Crippen molar-refractivity contribution in [2.75, 3.05) is 11.4 Å². The fourth-order valence-corrected chi connectivity index (χ4v) is 5.67. The van der Waals surface area contributed by atoms with Crippen molar-refractivity contribution in [1.82, 2.24) is 9.29 Å². The number of pyridine rings is 1. The first-order chi connectivity index (χ1) is 15.4. The maximum absolute atomic E-state index is 13.4. The van der Waals surface area contributed by atoms with Crippen LogP contribution in [0.15, 0.2) is 47.5 Å². The van der Waals surface area contributed by atoms with E-state index < -0.39 is 21.7 Å². The number of hydrogen-bond donors (Lipinski definition) is 0. The molecule has 3 rings (SSSR count). The lowest BCUT2D eigenvalue weighted by Gasteiger charge is -2.35. The van der Waals surface area contributed by atoms with Gasteiger partial charge >= 0.3 is 6.09 Å². The fourth-order valence-electron chi connectivity index (χ4n) is 3.99. The maximum atomic E-state index is 13.4. The predicted octanol–water partition coefficient (Wildman–Crippen LogP) is 5.46. The molecule has 0 N–H and O–H groups in total. The number of sulfonamides is 1. The Kier molecular flexibility index (Phi) is 7.49. The molecule has 1 aromatic heterocycles. The molecule has 1 atom stereocenters. The standard InChI is InChI=1S/C25H35N3O4S/c1-18(2)28(24(29)32-25(4,5)6)23-15-12-20(17-26-23)22-9-7-8-16-27(22)33(30,31)21-13-10-19(3)11-14-21/h10-15,17-18,22H,7-9,16H2,1-6H3/t22-/m1/s1. The zero-order valence-electron chi connectivity index (χ0n) is 20.4. The molecule has 8 heteroatoms. The Bertz CT molecular complexity index is 1060. The highest BCUT2D eigenvalue weighted by Crippen LogP contribution is 2.36. The Morgan fingerprint density at radius 2 is 1.79 bits per heavy atom. The van der Waals surface area contributed by atoms with Gasteiger partial charge in [0, 0.05) is 18.8 Å². The van der Waals surface area contributed by atoms with Crippen LogP contribution in [0.2, 0.25) is 0 Å². The molecular formula is C25H35N3O4S. The Morgan fingerprint density at radius 3 is 2.33 bits per heavy atom. The molecule has 0 spiro atoms. The fraction of sp³-hybridized carbons (Fsp3) is 0.520. The second kappa shape index (κ2) is 9.81. The number of aryl methyl sites for hydroxylation is 1. The summed E-state index contributed by atoms with van der Waals surface area (Å²) in [5.74, 6) is 0.478. The van der Waals surface area contributed by atoms with Gasteiger partial charge < -0.3 is 4.74 Å². The number of aromatic nitrogens is 1. The third-order valence-electron chi connectivity index (χ3n) is 5.59. The number of amides is 1. The molecule has 1 saturated heterocycles. The lowest BCUT2D eigenvalue weighted by atomic mass is 9.99. The summed E-state index contributed by atoms with van der Waals surface area (Å²) in [5.41, 5.74) is 1.22. The highest BCUT2D eigenvalue weighted by Gasteiger charge is 2.35. The van der Waals surface area contributed by atoms with Crippen LogP contribution < -0.4 is 4.90 Å². The number of carbonyl (C=O) groups excluding carboxylic acids is 1. The van der Waals surface area contributed by atoms with E-state index in [1.165, 1.54) is 4.90 Å². The van der Waals surface area contributed by atoms with E-state index in [1.54, 1.807) is 28.7 Å². The zero-order valence-corrected chi connectivity index (χ0v) is 21.2. The van der Waals surface area contributed by atoms with E-state index >= 15 is 0 Å². The molecule has 7 nitrogen and oxygen atoms in total. The first-order valence-corrected chi connectivity index (χ1v) is 12.9. The molecule has 2 aromatic rings. The smallest absolute Gasteiger partial charge is 0.416 e. The van der Waals surface area contributed by atoms with Crippen LogP contribution in [0.5, 0.6) is 0 Å². The highest BCUT2D eigenvalue weighted by atomic mass is 32.2. The lowest BCUT2D eigenvalue weighted by molar-refractivity contribution is 0.0569.